The Kier molecular flexibility index (Phi) is 5.83. The second-order valence-electron chi connectivity index (χ2n) is 7.03. The van der Waals surface area contributed by atoms with Crippen LogP contribution in [0, 0.1) is 0 Å². The Bertz CT molecular complexity index is 707. The van der Waals surface area contributed by atoms with Crippen LogP contribution < -0.4 is 5.32 Å². The second-order valence-corrected chi connectivity index (χ2v) is 7.03. The van der Waals surface area contributed by atoms with Crippen molar-refractivity contribution in [2.75, 3.05) is 39.3 Å². The number of hydrogen-bond acceptors (Lipinski definition) is 4. The normalized spacial score (nSPS) is 18.3. The van der Waals surface area contributed by atoms with E-state index in [9.17, 15) is 19.5 Å². The van der Waals surface area contributed by atoms with Crippen molar-refractivity contribution in [2.24, 2.45) is 0 Å². The number of carbonyl (C=O) groups is 3. The lowest BCUT2D eigenvalue weighted by molar-refractivity contribution is -0.129. The zero-order valence-corrected chi connectivity index (χ0v) is 15.6. The van der Waals surface area contributed by atoms with Crippen LogP contribution in [-0.4, -0.2) is 83.0 Å². The van der Waals surface area contributed by atoms with Gasteiger partial charge in [0.1, 0.15) is 5.75 Å². The molecule has 8 nitrogen and oxygen atoms in total. The molecule has 0 atom stereocenters. The van der Waals surface area contributed by atoms with Crippen molar-refractivity contribution in [2.45, 2.75) is 25.8 Å². The minimum Gasteiger partial charge on any atom is -0.507 e. The summed E-state index contributed by atoms with van der Waals surface area (Å²) in [5, 5.41) is 12.9. The molecule has 2 heterocycles. The number of para-hydroxylation sites is 1. The smallest absolute Gasteiger partial charge is 0.317 e. The van der Waals surface area contributed by atoms with E-state index in [1.54, 1.807) is 39.8 Å². The largest absolute Gasteiger partial charge is 0.507 e. The van der Waals surface area contributed by atoms with Gasteiger partial charge in [-0.05, 0) is 25.0 Å². The topological polar surface area (TPSA) is 93.2 Å². The number of amides is 4. The highest BCUT2D eigenvalue weighted by Gasteiger charge is 2.28. The molecule has 146 valence electrons. The number of hydrogen-bond donors (Lipinski definition) is 2. The highest BCUT2D eigenvalue weighted by molar-refractivity contribution is 5.97. The van der Waals surface area contributed by atoms with Crippen LogP contribution in [0.3, 0.4) is 0 Å². The minimum atomic E-state index is -0.218. The SMILES string of the molecule is CC(=O)N1CCC(NC(=O)N2CCN(C(=O)c3ccccc3O)CC2)CC1. The summed E-state index contributed by atoms with van der Waals surface area (Å²) in [6.45, 7) is 4.68. The van der Waals surface area contributed by atoms with Crippen molar-refractivity contribution < 1.29 is 19.5 Å². The van der Waals surface area contributed by atoms with Crippen molar-refractivity contribution in [3.63, 3.8) is 0 Å². The van der Waals surface area contributed by atoms with Gasteiger partial charge in [0.05, 0.1) is 5.56 Å². The fourth-order valence-corrected chi connectivity index (χ4v) is 3.54. The molecule has 0 unspecified atom stereocenters. The summed E-state index contributed by atoms with van der Waals surface area (Å²) in [7, 11) is 0. The lowest BCUT2D eigenvalue weighted by Crippen LogP contribution is -2.55. The zero-order valence-electron chi connectivity index (χ0n) is 15.6. The third kappa shape index (κ3) is 4.50. The van der Waals surface area contributed by atoms with Crippen LogP contribution >= 0.6 is 0 Å². The van der Waals surface area contributed by atoms with Gasteiger partial charge < -0.3 is 25.1 Å². The molecule has 4 amide bonds. The number of carbonyl (C=O) groups excluding carboxylic acids is 3. The molecule has 0 aliphatic carbocycles. The Morgan fingerprint density at radius 2 is 1.52 bits per heavy atom. The van der Waals surface area contributed by atoms with Gasteiger partial charge in [0.15, 0.2) is 0 Å². The monoisotopic (exact) mass is 374 g/mol. The lowest BCUT2D eigenvalue weighted by Gasteiger charge is -2.37. The molecule has 0 aromatic heterocycles. The molecule has 0 saturated carbocycles. The number of phenols is 1. The Morgan fingerprint density at radius 1 is 0.926 bits per heavy atom. The highest BCUT2D eigenvalue weighted by Crippen LogP contribution is 2.19. The molecule has 0 bridgehead atoms. The molecule has 1 aromatic carbocycles. The summed E-state index contributed by atoms with van der Waals surface area (Å²) in [6, 6.07) is 6.45. The van der Waals surface area contributed by atoms with Gasteiger partial charge in [-0.25, -0.2) is 4.79 Å². The molecule has 2 fully saturated rings. The third-order valence-electron chi connectivity index (χ3n) is 5.26. The number of nitrogens with one attached hydrogen (secondary N) is 1. The van der Waals surface area contributed by atoms with E-state index in [2.05, 4.69) is 5.32 Å². The van der Waals surface area contributed by atoms with Crippen molar-refractivity contribution in [3.05, 3.63) is 29.8 Å². The van der Waals surface area contributed by atoms with E-state index >= 15 is 0 Å². The van der Waals surface area contributed by atoms with Gasteiger partial charge in [-0.1, -0.05) is 12.1 Å². The lowest BCUT2D eigenvalue weighted by atomic mass is 10.1. The molecule has 2 N–H and O–H groups in total. The first kappa shape index (κ1) is 19.0. The molecule has 3 rings (SSSR count). The van der Waals surface area contributed by atoms with Crippen molar-refractivity contribution in [3.8, 4) is 5.75 Å². The van der Waals surface area contributed by atoms with E-state index < -0.39 is 0 Å². The fourth-order valence-electron chi connectivity index (χ4n) is 3.54. The summed E-state index contributed by atoms with van der Waals surface area (Å²) >= 11 is 0. The van der Waals surface area contributed by atoms with Gasteiger partial charge in [-0.3, -0.25) is 9.59 Å². The van der Waals surface area contributed by atoms with E-state index in [1.807, 2.05) is 0 Å². The van der Waals surface area contributed by atoms with Crippen LogP contribution in [-0.2, 0) is 4.79 Å². The number of urea groups is 1. The molecular weight excluding hydrogens is 348 g/mol. The van der Waals surface area contributed by atoms with Crippen molar-refractivity contribution >= 4 is 17.8 Å². The van der Waals surface area contributed by atoms with Crippen LogP contribution in [0.5, 0.6) is 5.75 Å². The molecule has 8 heteroatoms. The molecule has 1 aromatic rings. The van der Waals surface area contributed by atoms with Crippen LogP contribution in [0.25, 0.3) is 0 Å². The van der Waals surface area contributed by atoms with Gasteiger partial charge in [-0.15, -0.1) is 0 Å². The average molecular weight is 374 g/mol. The van der Waals surface area contributed by atoms with E-state index in [1.165, 1.54) is 6.07 Å². The molecule has 2 aliphatic rings. The van der Waals surface area contributed by atoms with Gasteiger partial charge in [-0.2, -0.15) is 0 Å². The second kappa shape index (κ2) is 8.28. The standard InChI is InChI=1S/C19H26N4O4/c1-14(24)21-8-6-15(7-9-21)20-19(27)23-12-10-22(11-13-23)18(26)16-4-2-3-5-17(16)25/h2-5,15,25H,6-13H2,1H3,(H,20,27). The first-order valence-corrected chi connectivity index (χ1v) is 9.34. The van der Waals surface area contributed by atoms with Crippen LogP contribution in [0.2, 0.25) is 0 Å². The summed E-state index contributed by atoms with van der Waals surface area (Å²) in [5.74, 6) is -0.172. The predicted octanol–water partition coefficient (Wildman–Crippen LogP) is 0.871. The number of nitrogens with zero attached hydrogens (tertiary/aromatic N) is 3. The minimum absolute atomic E-state index is 0.0282. The quantitative estimate of drug-likeness (QED) is 0.803. The Hall–Kier alpha value is -2.77. The van der Waals surface area contributed by atoms with E-state index in [0.717, 1.165) is 12.8 Å². The number of rotatable bonds is 2. The van der Waals surface area contributed by atoms with Crippen molar-refractivity contribution in [1.29, 1.82) is 0 Å². The van der Waals surface area contributed by atoms with Crippen LogP contribution in [0.15, 0.2) is 24.3 Å². The maximum atomic E-state index is 12.5. The number of benzene rings is 1. The number of piperidine rings is 1. The van der Waals surface area contributed by atoms with E-state index in [0.29, 0.717) is 39.3 Å². The third-order valence-corrected chi connectivity index (χ3v) is 5.26. The summed E-state index contributed by atoms with van der Waals surface area (Å²) in [4.78, 5) is 41.5. The van der Waals surface area contributed by atoms with Crippen LogP contribution in [0.1, 0.15) is 30.1 Å². The van der Waals surface area contributed by atoms with Gasteiger partial charge >= 0.3 is 6.03 Å². The Labute approximate surface area is 158 Å². The Balaban J connectivity index is 1.46. The van der Waals surface area contributed by atoms with Gasteiger partial charge in [0, 0.05) is 52.2 Å². The Morgan fingerprint density at radius 3 is 2.11 bits per heavy atom. The number of likely N-dealkylation sites (tertiary alicyclic amines) is 1. The predicted molar refractivity (Wildman–Crippen MR) is 99.4 cm³/mol. The van der Waals surface area contributed by atoms with Crippen LogP contribution in [0.4, 0.5) is 4.79 Å². The fraction of sp³-hybridized carbons (Fsp3) is 0.526. The van der Waals surface area contributed by atoms with Crippen molar-refractivity contribution in [1.82, 2.24) is 20.0 Å². The maximum absolute atomic E-state index is 12.5. The van der Waals surface area contributed by atoms with Gasteiger partial charge in [0.25, 0.3) is 5.91 Å². The average Bonchev–Trinajstić information content (AvgIpc) is 2.68. The molecule has 0 spiro atoms. The summed E-state index contributed by atoms with van der Waals surface area (Å²) in [6.07, 6.45) is 1.52. The summed E-state index contributed by atoms with van der Waals surface area (Å²) in [5.41, 5.74) is 0.285. The van der Waals surface area contributed by atoms with Gasteiger partial charge in [0.2, 0.25) is 5.91 Å². The first-order chi connectivity index (χ1) is 13.0. The first-order valence-electron chi connectivity index (χ1n) is 9.34. The maximum Gasteiger partial charge on any atom is 0.317 e. The molecular formula is C19H26N4O4. The highest BCUT2D eigenvalue weighted by atomic mass is 16.3. The summed E-state index contributed by atoms with van der Waals surface area (Å²) < 4.78 is 0. The van der Waals surface area contributed by atoms with E-state index in [-0.39, 0.29) is 35.2 Å². The number of aromatic hydroxyl groups is 1. The molecule has 27 heavy (non-hydrogen) atoms. The van der Waals surface area contributed by atoms with E-state index in [4.69, 9.17) is 0 Å². The molecule has 2 aliphatic heterocycles. The molecule has 2 saturated heterocycles. The molecule has 0 radical (unpaired) electrons. The number of piperazine rings is 1. The number of phenolic OH excluding ortho intramolecular Hbond substituents is 1. The zero-order chi connectivity index (χ0) is 19.4.